The predicted molar refractivity (Wildman–Crippen MR) is 107 cm³/mol. The first-order valence-electron chi connectivity index (χ1n) is 8.71. The minimum absolute atomic E-state index is 0.0273. The van der Waals surface area contributed by atoms with E-state index in [1.54, 1.807) is 17.0 Å². The van der Waals surface area contributed by atoms with E-state index in [4.69, 9.17) is 4.74 Å². The van der Waals surface area contributed by atoms with E-state index < -0.39 is 10.0 Å². The van der Waals surface area contributed by atoms with Crippen molar-refractivity contribution in [3.8, 4) is 5.75 Å². The molecule has 2 rings (SSSR count). The molecule has 0 heterocycles. The van der Waals surface area contributed by atoms with Crippen LogP contribution in [0.2, 0.25) is 0 Å². The maximum atomic E-state index is 12.7. The number of hydrogen-bond donors (Lipinski definition) is 1. The lowest BCUT2D eigenvalue weighted by atomic mass is 10.1. The number of nitrogens with one attached hydrogen (secondary N) is 1. The molecule has 2 aromatic carbocycles. The van der Waals surface area contributed by atoms with Gasteiger partial charge in [0.2, 0.25) is 15.9 Å². The molecule has 0 fully saturated rings. The first-order chi connectivity index (χ1) is 12.7. The number of aryl methyl sites for hydroxylation is 3. The van der Waals surface area contributed by atoms with Gasteiger partial charge in [-0.2, -0.15) is 0 Å². The van der Waals surface area contributed by atoms with Gasteiger partial charge >= 0.3 is 0 Å². The summed E-state index contributed by atoms with van der Waals surface area (Å²) in [6.45, 7) is 7.61. The van der Waals surface area contributed by atoms with Gasteiger partial charge in [0.05, 0.1) is 13.7 Å². The Labute approximate surface area is 161 Å². The van der Waals surface area contributed by atoms with Crippen molar-refractivity contribution in [1.82, 2.24) is 4.72 Å². The molecule has 0 spiro atoms. The zero-order valence-corrected chi connectivity index (χ0v) is 17.2. The van der Waals surface area contributed by atoms with Gasteiger partial charge < -0.3 is 9.64 Å². The molecule has 0 saturated carbocycles. The highest BCUT2D eigenvalue weighted by atomic mass is 32.2. The van der Waals surface area contributed by atoms with Crippen LogP contribution in [0.25, 0.3) is 0 Å². The molecule has 0 radical (unpaired) electrons. The Morgan fingerprint density at radius 2 is 1.78 bits per heavy atom. The minimum atomic E-state index is -3.89. The van der Waals surface area contributed by atoms with E-state index in [-0.39, 0.29) is 23.1 Å². The van der Waals surface area contributed by atoms with Gasteiger partial charge in [0, 0.05) is 12.2 Å². The fourth-order valence-corrected chi connectivity index (χ4v) is 3.97. The average molecular weight is 391 g/mol. The largest absolute Gasteiger partial charge is 0.495 e. The van der Waals surface area contributed by atoms with Crippen LogP contribution in [-0.4, -0.2) is 34.5 Å². The molecule has 2 aromatic rings. The third-order valence-electron chi connectivity index (χ3n) is 4.41. The number of methoxy groups -OCH3 is 1. The summed E-state index contributed by atoms with van der Waals surface area (Å²) in [6.07, 6.45) is 0. The van der Waals surface area contributed by atoms with E-state index in [9.17, 15) is 13.2 Å². The van der Waals surface area contributed by atoms with Crippen molar-refractivity contribution >= 4 is 21.6 Å². The van der Waals surface area contributed by atoms with Crippen LogP contribution in [0.15, 0.2) is 41.3 Å². The SMILES string of the molecule is CCN(C(=O)CNS(=O)(=O)c1cc(C)c(C)cc1OC)c1cccc(C)c1. The summed E-state index contributed by atoms with van der Waals surface area (Å²) in [6, 6.07) is 10.8. The van der Waals surface area contributed by atoms with Crippen molar-refractivity contribution in [3.63, 3.8) is 0 Å². The number of benzene rings is 2. The molecule has 0 aliphatic carbocycles. The highest BCUT2D eigenvalue weighted by Gasteiger charge is 2.23. The van der Waals surface area contributed by atoms with Gasteiger partial charge in [-0.3, -0.25) is 4.79 Å². The molecule has 0 aromatic heterocycles. The van der Waals surface area contributed by atoms with Gasteiger partial charge in [-0.15, -0.1) is 0 Å². The second-order valence-corrected chi connectivity index (χ2v) is 8.12. The second-order valence-electron chi connectivity index (χ2n) is 6.39. The summed E-state index contributed by atoms with van der Waals surface area (Å²) in [7, 11) is -2.47. The number of ether oxygens (including phenoxy) is 1. The Morgan fingerprint density at radius 1 is 1.11 bits per heavy atom. The van der Waals surface area contributed by atoms with Gasteiger partial charge in [0.15, 0.2) is 0 Å². The normalized spacial score (nSPS) is 11.3. The number of hydrogen-bond acceptors (Lipinski definition) is 4. The molecule has 0 atom stereocenters. The maximum Gasteiger partial charge on any atom is 0.244 e. The first kappa shape index (κ1) is 20.9. The number of sulfonamides is 1. The highest BCUT2D eigenvalue weighted by Crippen LogP contribution is 2.27. The molecular weight excluding hydrogens is 364 g/mol. The van der Waals surface area contributed by atoms with Crippen molar-refractivity contribution in [2.24, 2.45) is 0 Å². The maximum absolute atomic E-state index is 12.7. The van der Waals surface area contributed by atoms with Crippen LogP contribution in [0.4, 0.5) is 5.69 Å². The van der Waals surface area contributed by atoms with Gasteiger partial charge in [0.25, 0.3) is 0 Å². The molecular formula is C20H26N2O4S. The monoisotopic (exact) mass is 390 g/mol. The summed E-state index contributed by atoms with van der Waals surface area (Å²) in [4.78, 5) is 14.2. The van der Waals surface area contributed by atoms with E-state index in [2.05, 4.69) is 4.72 Å². The average Bonchev–Trinajstić information content (AvgIpc) is 2.62. The van der Waals surface area contributed by atoms with Crippen LogP contribution < -0.4 is 14.4 Å². The molecule has 7 heteroatoms. The number of nitrogens with zero attached hydrogens (tertiary/aromatic N) is 1. The Balaban J connectivity index is 2.21. The number of carbonyl (C=O) groups is 1. The highest BCUT2D eigenvalue weighted by molar-refractivity contribution is 7.89. The van der Waals surface area contributed by atoms with Crippen LogP contribution in [-0.2, 0) is 14.8 Å². The standard InChI is InChI=1S/C20H26N2O4S/c1-6-22(17-9-7-8-14(2)10-17)20(23)13-21-27(24,25)19-12-16(4)15(3)11-18(19)26-5/h7-12,21H,6,13H2,1-5H3. The smallest absolute Gasteiger partial charge is 0.244 e. The van der Waals surface area contributed by atoms with Crippen molar-refractivity contribution in [3.05, 3.63) is 53.1 Å². The summed E-state index contributed by atoms with van der Waals surface area (Å²) < 4.78 is 33.0. The molecule has 6 nitrogen and oxygen atoms in total. The fourth-order valence-electron chi connectivity index (χ4n) is 2.76. The summed E-state index contributed by atoms with van der Waals surface area (Å²) >= 11 is 0. The molecule has 0 aliphatic heterocycles. The Bertz CT molecular complexity index is 939. The molecule has 1 N–H and O–H groups in total. The topological polar surface area (TPSA) is 75.7 Å². The summed E-state index contributed by atoms with van der Waals surface area (Å²) in [5.41, 5.74) is 3.53. The van der Waals surface area contributed by atoms with Crippen molar-refractivity contribution in [1.29, 1.82) is 0 Å². The van der Waals surface area contributed by atoms with Crippen molar-refractivity contribution in [2.75, 3.05) is 25.1 Å². The zero-order chi connectivity index (χ0) is 20.2. The number of rotatable bonds is 7. The lowest BCUT2D eigenvalue weighted by Crippen LogP contribution is -2.40. The third kappa shape index (κ3) is 4.87. The Morgan fingerprint density at radius 3 is 2.37 bits per heavy atom. The third-order valence-corrected chi connectivity index (χ3v) is 5.84. The van der Waals surface area contributed by atoms with Gasteiger partial charge in [-0.1, -0.05) is 12.1 Å². The van der Waals surface area contributed by atoms with E-state index in [0.29, 0.717) is 6.54 Å². The Kier molecular flexibility index (Phi) is 6.62. The molecule has 146 valence electrons. The van der Waals surface area contributed by atoms with Crippen LogP contribution in [0.1, 0.15) is 23.6 Å². The van der Waals surface area contributed by atoms with Gasteiger partial charge in [0.1, 0.15) is 10.6 Å². The minimum Gasteiger partial charge on any atom is -0.495 e. The lowest BCUT2D eigenvalue weighted by molar-refractivity contribution is -0.117. The molecule has 0 bridgehead atoms. The predicted octanol–water partition coefficient (Wildman–Crippen LogP) is 2.95. The number of amides is 1. The number of likely N-dealkylation sites (N-methyl/N-ethyl adjacent to an activating group) is 1. The van der Waals surface area contributed by atoms with Crippen LogP contribution >= 0.6 is 0 Å². The number of anilines is 1. The molecule has 0 unspecified atom stereocenters. The van der Waals surface area contributed by atoms with Crippen LogP contribution in [0, 0.1) is 20.8 Å². The van der Waals surface area contributed by atoms with Crippen molar-refractivity contribution in [2.45, 2.75) is 32.6 Å². The molecule has 1 amide bonds. The van der Waals surface area contributed by atoms with Crippen LogP contribution in [0.3, 0.4) is 0 Å². The molecule has 0 aliphatic rings. The van der Waals surface area contributed by atoms with Gasteiger partial charge in [-0.25, -0.2) is 13.1 Å². The zero-order valence-electron chi connectivity index (χ0n) is 16.4. The van der Waals surface area contributed by atoms with E-state index in [1.165, 1.54) is 7.11 Å². The quantitative estimate of drug-likeness (QED) is 0.789. The van der Waals surface area contributed by atoms with Crippen molar-refractivity contribution < 1.29 is 17.9 Å². The summed E-state index contributed by atoms with van der Waals surface area (Å²) in [5.74, 6) is -0.0708. The van der Waals surface area contributed by atoms with Gasteiger partial charge in [-0.05, 0) is 68.7 Å². The fraction of sp³-hybridized carbons (Fsp3) is 0.350. The number of carbonyl (C=O) groups excluding carboxylic acids is 1. The molecule has 0 saturated heterocycles. The molecule has 27 heavy (non-hydrogen) atoms. The van der Waals surface area contributed by atoms with E-state index >= 15 is 0 Å². The Hall–Kier alpha value is -2.38. The summed E-state index contributed by atoms with van der Waals surface area (Å²) in [5, 5.41) is 0. The van der Waals surface area contributed by atoms with E-state index in [1.807, 2.05) is 52.0 Å². The van der Waals surface area contributed by atoms with E-state index in [0.717, 1.165) is 22.4 Å². The van der Waals surface area contributed by atoms with Crippen LogP contribution in [0.5, 0.6) is 5.75 Å². The second kappa shape index (κ2) is 8.54. The lowest BCUT2D eigenvalue weighted by Gasteiger charge is -2.22. The first-order valence-corrected chi connectivity index (χ1v) is 10.2.